The molecule has 0 unspecified atom stereocenters. The maximum absolute atomic E-state index is 12.0. The highest BCUT2D eigenvalue weighted by molar-refractivity contribution is 5.62. The minimum atomic E-state index is -0.545. The van der Waals surface area contributed by atoms with Gasteiger partial charge in [-0.3, -0.25) is 0 Å². The number of allylic oxidation sites excluding steroid dienone is 4. The number of carbonyl (C=O) groups is 1. The van der Waals surface area contributed by atoms with Gasteiger partial charge in [-0.1, -0.05) is 38.5 Å². The number of hydrogen-bond acceptors (Lipinski definition) is 3. The van der Waals surface area contributed by atoms with Crippen molar-refractivity contribution in [2.24, 2.45) is 0 Å². The van der Waals surface area contributed by atoms with Crippen LogP contribution in [0, 0.1) is 0 Å². The molecule has 0 radical (unpaired) electrons. The van der Waals surface area contributed by atoms with Crippen LogP contribution in [0.4, 0.5) is 4.79 Å². The maximum Gasteiger partial charge on any atom is 0.518 e. The fraction of sp³-hybridized carbons (Fsp3) is 0.737. The number of ether oxygens (including phenoxy) is 2. The molecule has 22 heavy (non-hydrogen) atoms. The second-order valence-electron chi connectivity index (χ2n) is 6.41. The van der Waals surface area contributed by atoms with E-state index < -0.39 is 6.16 Å². The van der Waals surface area contributed by atoms with Crippen molar-refractivity contribution >= 4 is 6.16 Å². The fourth-order valence-corrected chi connectivity index (χ4v) is 3.10. The van der Waals surface area contributed by atoms with E-state index in [1.54, 1.807) is 0 Å². The Kier molecular flexibility index (Phi) is 8.14. The Labute approximate surface area is 134 Å². The average Bonchev–Trinajstić information content (AvgIpc) is 2.71. The molecule has 2 aliphatic rings. The van der Waals surface area contributed by atoms with E-state index in [1.807, 2.05) is 0 Å². The second-order valence-corrected chi connectivity index (χ2v) is 6.41. The van der Waals surface area contributed by atoms with Crippen LogP contribution in [-0.4, -0.2) is 6.16 Å². The smallest absolute Gasteiger partial charge is 0.400 e. The van der Waals surface area contributed by atoms with Crippen molar-refractivity contribution in [2.45, 2.75) is 89.9 Å². The largest absolute Gasteiger partial charge is 0.518 e. The molecule has 0 spiro atoms. The van der Waals surface area contributed by atoms with Gasteiger partial charge in [-0.2, -0.15) is 0 Å². The lowest BCUT2D eigenvalue weighted by molar-refractivity contribution is 0.0961. The first-order valence-corrected chi connectivity index (χ1v) is 9.12. The molecule has 0 saturated carbocycles. The van der Waals surface area contributed by atoms with Crippen molar-refractivity contribution in [3.05, 3.63) is 23.7 Å². The molecule has 3 nitrogen and oxygen atoms in total. The molecule has 0 fully saturated rings. The molecule has 0 N–H and O–H groups in total. The van der Waals surface area contributed by atoms with Gasteiger partial charge >= 0.3 is 6.16 Å². The zero-order valence-corrected chi connectivity index (χ0v) is 13.8. The number of carbonyl (C=O) groups excluding carboxylic acids is 1. The Morgan fingerprint density at radius 1 is 0.636 bits per heavy atom. The van der Waals surface area contributed by atoms with Gasteiger partial charge in [-0.05, 0) is 50.7 Å². The standard InChI is InChI=1S/C19H30O3/c20-19(21-17-13-9-5-1-2-6-10-14-17)22-18-15-11-7-3-4-8-12-16-18/h13,15H,1-12,14,16H2. The Hall–Kier alpha value is -1.25. The van der Waals surface area contributed by atoms with E-state index in [1.165, 1.54) is 51.4 Å². The molecule has 0 aromatic rings. The molecule has 0 saturated heterocycles. The Bertz CT molecular complexity index is 359. The molecule has 0 aromatic heterocycles. The van der Waals surface area contributed by atoms with Gasteiger partial charge in [0.1, 0.15) is 11.5 Å². The Morgan fingerprint density at radius 2 is 1.05 bits per heavy atom. The Balaban J connectivity index is 1.81. The molecule has 2 aliphatic carbocycles. The molecule has 0 aliphatic heterocycles. The van der Waals surface area contributed by atoms with Crippen molar-refractivity contribution in [1.29, 1.82) is 0 Å². The molecule has 0 atom stereocenters. The van der Waals surface area contributed by atoms with E-state index in [9.17, 15) is 4.79 Å². The van der Waals surface area contributed by atoms with Gasteiger partial charge in [0.05, 0.1) is 0 Å². The van der Waals surface area contributed by atoms with Crippen LogP contribution >= 0.6 is 0 Å². The van der Waals surface area contributed by atoms with E-state index in [0.29, 0.717) is 0 Å². The normalized spacial score (nSPS) is 21.6. The zero-order valence-electron chi connectivity index (χ0n) is 13.8. The SMILES string of the molecule is O=C(OC1=CCCCCCCC1)OC1=CCCCCCCC1. The van der Waals surface area contributed by atoms with Gasteiger partial charge in [-0.15, -0.1) is 0 Å². The summed E-state index contributed by atoms with van der Waals surface area (Å²) in [5, 5.41) is 0. The highest BCUT2D eigenvalue weighted by Crippen LogP contribution is 2.21. The van der Waals surface area contributed by atoms with Crippen molar-refractivity contribution in [1.82, 2.24) is 0 Å². The van der Waals surface area contributed by atoms with E-state index >= 15 is 0 Å². The van der Waals surface area contributed by atoms with E-state index in [0.717, 1.165) is 50.0 Å². The first-order chi connectivity index (χ1) is 10.8. The quantitative estimate of drug-likeness (QED) is 0.554. The molecule has 0 amide bonds. The second kappa shape index (κ2) is 10.5. The molecule has 0 aromatic carbocycles. The van der Waals surface area contributed by atoms with Crippen LogP contribution in [0.2, 0.25) is 0 Å². The third-order valence-electron chi connectivity index (χ3n) is 4.43. The molecule has 0 heterocycles. The minimum Gasteiger partial charge on any atom is -0.400 e. The minimum absolute atomic E-state index is 0.545. The summed E-state index contributed by atoms with van der Waals surface area (Å²) in [6.07, 6.45) is 19.5. The lowest BCUT2D eigenvalue weighted by Crippen LogP contribution is -2.08. The van der Waals surface area contributed by atoms with Crippen LogP contribution in [0.5, 0.6) is 0 Å². The van der Waals surface area contributed by atoms with Crippen LogP contribution in [0.15, 0.2) is 23.7 Å². The predicted octanol–water partition coefficient (Wildman–Crippen LogP) is 6.40. The lowest BCUT2D eigenvalue weighted by Gasteiger charge is -2.11. The summed E-state index contributed by atoms with van der Waals surface area (Å²) in [5.41, 5.74) is 0. The summed E-state index contributed by atoms with van der Waals surface area (Å²) in [5.74, 6) is 1.60. The van der Waals surface area contributed by atoms with Gasteiger partial charge in [0.2, 0.25) is 0 Å². The highest BCUT2D eigenvalue weighted by Gasteiger charge is 2.13. The van der Waals surface area contributed by atoms with Crippen LogP contribution < -0.4 is 0 Å². The third-order valence-corrected chi connectivity index (χ3v) is 4.43. The average molecular weight is 306 g/mol. The topological polar surface area (TPSA) is 35.5 Å². The molecule has 124 valence electrons. The summed E-state index contributed by atoms with van der Waals surface area (Å²) in [6, 6.07) is 0. The number of rotatable bonds is 2. The Morgan fingerprint density at radius 3 is 1.55 bits per heavy atom. The summed E-state index contributed by atoms with van der Waals surface area (Å²) in [7, 11) is 0. The van der Waals surface area contributed by atoms with Crippen molar-refractivity contribution in [3.63, 3.8) is 0 Å². The van der Waals surface area contributed by atoms with Crippen LogP contribution in [-0.2, 0) is 9.47 Å². The zero-order chi connectivity index (χ0) is 15.5. The maximum atomic E-state index is 12.0. The molecule has 0 bridgehead atoms. The van der Waals surface area contributed by atoms with Gasteiger partial charge in [0, 0.05) is 12.8 Å². The van der Waals surface area contributed by atoms with E-state index in [2.05, 4.69) is 12.2 Å². The van der Waals surface area contributed by atoms with E-state index in [4.69, 9.17) is 9.47 Å². The van der Waals surface area contributed by atoms with Gasteiger partial charge in [0.25, 0.3) is 0 Å². The van der Waals surface area contributed by atoms with Crippen LogP contribution in [0.3, 0.4) is 0 Å². The predicted molar refractivity (Wildman–Crippen MR) is 88.4 cm³/mol. The molecule has 3 heteroatoms. The number of hydrogen-bond donors (Lipinski definition) is 0. The summed E-state index contributed by atoms with van der Waals surface area (Å²) in [6.45, 7) is 0. The fourth-order valence-electron chi connectivity index (χ4n) is 3.10. The van der Waals surface area contributed by atoms with Gasteiger partial charge < -0.3 is 9.47 Å². The van der Waals surface area contributed by atoms with Crippen molar-refractivity contribution in [2.75, 3.05) is 0 Å². The summed E-state index contributed by atoms with van der Waals surface area (Å²) in [4.78, 5) is 12.0. The van der Waals surface area contributed by atoms with Gasteiger partial charge in [0.15, 0.2) is 0 Å². The summed E-state index contributed by atoms with van der Waals surface area (Å²) < 4.78 is 10.9. The third kappa shape index (κ3) is 7.15. The summed E-state index contributed by atoms with van der Waals surface area (Å²) >= 11 is 0. The van der Waals surface area contributed by atoms with Crippen LogP contribution in [0.25, 0.3) is 0 Å². The first kappa shape index (κ1) is 17.1. The van der Waals surface area contributed by atoms with E-state index in [-0.39, 0.29) is 0 Å². The molecular weight excluding hydrogens is 276 g/mol. The van der Waals surface area contributed by atoms with Crippen molar-refractivity contribution in [3.8, 4) is 0 Å². The monoisotopic (exact) mass is 306 g/mol. The van der Waals surface area contributed by atoms with Gasteiger partial charge in [-0.25, -0.2) is 4.79 Å². The molecule has 2 rings (SSSR count). The van der Waals surface area contributed by atoms with Crippen molar-refractivity contribution < 1.29 is 14.3 Å². The van der Waals surface area contributed by atoms with Crippen LogP contribution in [0.1, 0.15) is 89.9 Å². The first-order valence-electron chi connectivity index (χ1n) is 9.12. The highest BCUT2D eigenvalue weighted by atomic mass is 16.7. The lowest BCUT2D eigenvalue weighted by atomic mass is 10.1. The molecular formula is C19H30O3.